The molecule has 0 aliphatic carbocycles. The number of aliphatic imine (C=N–C) groups is 1. The van der Waals surface area contributed by atoms with Crippen LogP contribution in [-0.2, 0) is 76.7 Å². The van der Waals surface area contributed by atoms with Crippen LogP contribution in [0.1, 0.15) is 121 Å². The Balaban J connectivity index is 1.26. The van der Waals surface area contributed by atoms with Gasteiger partial charge in [0.15, 0.2) is 11.7 Å². The lowest BCUT2D eigenvalue weighted by Crippen LogP contribution is -2.61. The highest BCUT2D eigenvalue weighted by atomic mass is 32.2. The largest absolute Gasteiger partial charge is 0.508 e. The van der Waals surface area contributed by atoms with Crippen LogP contribution in [-0.4, -0.2) is 215 Å². The van der Waals surface area contributed by atoms with Gasteiger partial charge in [0, 0.05) is 81.5 Å². The summed E-state index contributed by atoms with van der Waals surface area (Å²) in [6.07, 6.45) is 6.66. The molecule has 9 amide bonds. The van der Waals surface area contributed by atoms with Crippen LogP contribution >= 0.6 is 11.8 Å². The number of primary amides is 2. The number of aliphatic hydroxyl groups excluding tert-OH is 1. The van der Waals surface area contributed by atoms with Crippen LogP contribution in [0.3, 0.4) is 0 Å². The maximum absolute atomic E-state index is 14.5. The molecule has 4 heterocycles. The molecule has 0 spiro atoms. The van der Waals surface area contributed by atoms with Crippen LogP contribution in [0.4, 0.5) is 4.79 Å². The summed E-state index contributed by atoms with van der Waals surface area (Å²) in [5, 5.41) is 51.9. The first kappa shape index (κ1) is 76.2. The molecule has 32 nitrogen and oxygen atoms in total. The number of ether oxygens (including phenoxy) is 3. The zero-order valence-corrected chi connectivity index (χ0v) is 53.8. The van der Waals surface area contributed by atoms with Crippen LogP contribution in [0, 0.1) is 5.92 Å². The summed E-state index contributed by atoms with van der Waals surface area (Å²) in [5.41, 5.74) is 29.2. The summed E-state index contributed by atoms with van der Waals surface area (Å²) in [4.78, 5) is 139. The van der Waals surface area contributed by atoms with E-state index in [0.717, 1.165) is 25.0 Å². The highest BCUT2D eigenvalue weighted by Gasteiger charge is 2.43. The molecule has 518 valence electrons. The molecular formula is C60H97N17O15S. The standard InChI is InChI=1S/C60H97N17O15S/c1-36-46(31-51(62)82)70-57(87)47(28-37-16-18-41(80)19-17-37)71-58(88)48(33-78)72-56(86)45(14-8-21-66-59(64)65)69-54(84)38(29-39-32-77(76-75-39)22-7-5-12-43(53(63)83)68-55(85)44(67-36)13-4-6-20-61)30-42(81)34-92-27-26-91-25-24-90-23-9-11-40(79)10-2-3-15-50-52-49(35-93-50)73-60(89)74-52/h16-19,32,36,38,43-50,52,67,78,80H,2-15,20-31,33-35,61H2,1H3,(H2,62,82)(H2,63,83)(H,68,85)(H,69,84)(H,70,87)(H,71,88)(H,72,86)(H4,64,65,66)(H2,73,74,89)/t36?,38-,43+,44+,45+,46+,47+,48+,49+,50+,52+/m1/s1. The number of phenols is 1. The number of Topliss-reactive ketones (excluding diaryl/α,β-unsaturated/α-hetero) is 2. The van der Waals surface area contributed by atoms with Gasteiger partial charge in [-0.05, 0) is 95.4 Å². The SMILES string of the molecule is CC1N[C@@H](CCCCN)C(=O)N[C@H](C(N)=O)CCCCn2cc(nn2)C[C@H](CC(=O)COCCOCCOCCCC(=O)CCCC[C@@H]2SC[C@@H]3NC(=O)N[C@@H]32)C(=O)N[C@@H](CCCN=C(N)N)C(=O)N[C@@H](CO)C(=O)N[C@@H](Cc2ccc(O)cc2)C(=O)N[C@H]1CC(N)=O. The van der Waals surface area contributed by atoms with Crippen molar-refractivity contribution in [1.29, 1.82) is 0 Å². The molecule has 1 aromatic carbocycles. The second-order valence-electron chi connectivity index (χ2n) is 23.6. The number of phenolic OH excluding ortho intramolecular Hbond substituents is 1. The number of carbonyl (C=O) groups is 10. The summed E-state index contributed by atoms with van der Waals surface area (Å²) in [7, 11) is 0. The molecule has 2 aromatic rings. The zero-order chi connectivity index (χ0) is 67.7. The van der Waals surface area contributed by atoms with E-state index < -0.39 is 121 Å². The molecule has 0 saturated carbocycles. The van der Waals surface area contributed by atoms with Crippen molar-refractivity contribution in [3.8, 4) is 5.75 Å². The summed E-state index contributed by atoms with van der Waals surface area (Å²) >= 11 is 1.86. The number of benzene rings is 1. The van der Waals surface area contributed by atoms with E-state index in [0.29, 0.717) is 74.6 Å². The number of hydrogen-bond acceptors (Lipinski definition) is 21. The Morgan fingerprint density at radius 2 is 1.35 bits per heavy atom. The average molecular weight is 1330 g/mol. The third kappa shape index (κ3) is 28.3. The first-order valence-electron chi connectivity index (χ1n) is 32.0. The van der Waals surface area contributed by atoms with E-state index in [4.69, 9.17) is 42.9 Å². The number of ketones is 2. The Hall–Kier alpha value is -7.56. The van der Waals surface area contributed by atoms with Crippen molar-refractivity contribution in [2.45, 2.75) is 189 Å². The van der Waals surface area contributed by atoms with E-state index in [-0.39, 0.29) is 114 Å². The highest BCUT2D eigenvalue weighted by molar-refractivity contribution is 8.00. The smallest absolute Gasteiger partial charge is 0.315 e. The van der Waals surface area contributed by atoms with E-state index in [9.17, 15) is 58.2 Å². The molecule has 1 unspecified atom stereocenters. The van der Waals surface area contributed by atoms with E-state index in [2.05, 4.69) is 57.8 Å². The van der Waals surface area contributed by atoms with Crippen LogP contribution in [0.15, 0.2) is 35.5 Å². The molecule has 2 fully saturated rings. The number of nitrogens with one attached hydrogen (secondary N) is 8. The molecule has 5 rings (SSSR count). The van der Waals surface area contributed by atoms with E-state index in [1.54, 1.807) is 13.1 Å². The van der Waals surface area contributed by atoms with E-state index in [1.165, 1.54) is 28.9 Å². The lowest BCUT2D eigenvalue weighted by molar-refractivity contribution is -0.136. The van der Waals surface area contributed by atoms with Crippen molar-refractivity contribution in [2.24, 2.45) is 39.6 Å². The number of aromatic nitrogens is 3. The Labute approximate surface area is 545 Å². The first-order chi connectivity index (χ1) is 44.6. The number of hydrogen-bond donors (Lipinski definition) is 15. The number of urea groups is 1. The van der Waals surface area contributed by atoms with Crippen molar-refractivity contribution < 1.29 is 72.4 Å². The van der Waals surface area contributed by atoms with Gasteiger partial charge in [-0.15, -0.1) is 5.10 Å². The van der Waals surface area contributed by atoms with Crippen LogP contribution in [0.25, 0.3) is 0 Å². The molecule has 20 N–H and O–H groups in total. The third-order valence-corrected chi connectivity index (χ3v) is 17.6. The number of aryl methyl sites for hydroxylation is 1. The predicted octanol–water partition coefficient (Wildman–Crippen LogP) is -3.04. The lowest BCUT2D eigenvalue weighted by atomic mass is 9.95. The fourth-order valence-corrected chi connectivity index (χ4v) is 12.5. The van der Waals surface area contributed by atoms with Gasteiger partial charge in [0.2, 0.25) is 41.4 Å². The number of nitrogens with two attached hydrogens (primary N) is 5. The van der Waals surface area contributed by atoms with Crippen LogP contribution in [0.5, 0.6) is 5.75 Å². The molecule has 93 heavy (non-hydrogen) atoms. The van der Waals surface area contributed by atoms with Gasteiger partial charge in [-0.3, -0.25) is 52.8 Å². The highest BCUT2D eigenvalue weighted by Crippen LogP contribution is 2.33. The Morgan fingerprint density at radius 1 is 0.699 bits per heavy atom. The Bertz CT molecular complexity index is 2780. The molecule has 3 aliphatic heterocycles. The second kappa shape index (κ2) is 41.2. The molecule has 33 heteroatoms. The molecule has 11 atom stereocenters. The fraction of sp³-hybridized carbons (Fsp3) is 0.683. The monoisotopic (exact) mass is 1330 g/mol. The zero-order valence-electron chi connectivity index (χ0n) is 53.0. The number of carbonyl (C=O) groups excluding carboxylic acids is 10. The fourth-order valence-electron chi connectivity index (χ4n) is 10.9. The number of nitrogens with zero attached hydrogens (tertiary/aromatic N) is 4. The number of aromatic hydroxyl groups is 1. The lowest BCUT2D eigenvalue weighted by Gasteiger charge is -2.31. The number of fused-ring (bicyclic) bond motifs is 3. The third-order valence-electron chi connectivity index (χ3n) is 16.0. The minimum Gasteiger partial charge on any atom is -0.508 e. The van der Waals surface area contributed by atoms with Gasteiger partial charge in [0.05, 0.1) is 68.8 Å². The van der Waals surface area contributed by atoms with Gasteiger partial charge < -0.3 is 95.6 Å². The van der Waals surface area contributed by atoms with Crippen LogP contribution < -0.4 is 71.2 Å². The Kier molecular flexibility index (Phi) is 33.7. The van der Waals surface area contributed by atoms with E-state index in [1.807, 2.05) is 11.8 Å². The minimum absolute atomic E-state index is 0.0163. The van der Waals surface area contributed by atoms with Gasteiger partial charge in [-0.2, -0.15) is 11.8 Å². The van der Waals surface area contributed by atoms with Crippen LogP contribution in [0.2, 0.25) is 0 Å². The normalized spacial score (nSPS) is 24.6. The molecule has 2 bridgehead atoms. The van der Waals surface area contributed by atoms with Crippen molar-refractivity contribution in [2.75, 3.05) is 65.1 Å². The topological polar surface area (TPSA) is 508 Å². The minimum atomic E-state index is -1.74. The van der Waals surface area contributed by atoms with Crippen molar-refractivity contribution in [3.05, 3.63) is 41.7 Å². The molecule has 3 aliphatic rings. The van der Waals surface area contributed by atoms with Gasteiger partial charge in [-0.25, -0.2) is 4.79 Å². The number of unbranched alkanes of at least 4 members (excludes halogenated alkanes) is 2. The van der Waals surface area contributed by atoms with E-state index >= 15 is 0 Å². The quantitative estimate of drug-likeness (QED) is 0.0146. The molecule has 1 aromatic heterocycles. The predicted molar refractivity (Wildman–Crippen MR) is 342 cm³/mol. The maximum atomic E-state index is 14.5. The number of amides is 9. The summed E-state index contributed by atoms with van der Waals surface area (Å²) in [6, 6.07) is -2.83. The van der Waals surface area contributed by atoms with Gasteiger partial charge in [-0.1, -0.05) is 30.2 Å². The molecular weight excluding hydrogens is 1230 g/mol. The average Bonchev–Trinajstić information content (AvgIpc) is 1.78. The Morgan fingerprint density at radius 3 is 2.06 bits per heavy atom. The van der Waals surface area contributed by atoms with Gasteiger partial charge in [0.1, 0.15) is 42.3 Å². The summed E-state index contributed by atoms with van der Waals surface area (Å²) in [6.45, 7) is 1.81. The van der Waals surface area contributed by atoms with Crippen molar-refractivity contribution >= 4 is 76.7 Å². The van der Waals surface area contributed by atoms with Gasteiger partial charge >= 0.3 is 6.03 Å². The van der Waals surface area contributed by atoms with Crippen molar-refractivity contribution in [3.63, 3.8) is 0 Å². The molecule has 0 radical (unpaired) electrons. The summed E-state index contributed by atoms with van der Waals surface area (Å²) < 4.78 is 18.4. The van der Waals surface area contributed by atoms with Crippen molar-refractivity contribution in [1.82, 2.24) is 57.5 Å². The number of thioether (sulfide) groups is 1. The second-order valence-corrected chi connectivity index (χ2v) is 24.9. The first-order valence-corrected chi connectivity index (χ1v) is 33.0. The number of aliphatic hydroxyl groups is 1. The maximum Gasteiger partial charge on any atom is 0.315 e. The number of guanidine groups is 1. The summed E-state index contributed by atoms with van der Waals surface area (Å²) in [5.74, 6) is -6.76. The molecule has 2 saturated heterocycles. The van der Waals surface area contributed by atoms with Gasteiger partial charge in [0.25, 0.3) is 0 Å². The number of rotatable bonds is 33.